The first-order valence-electron chi connectivity index (χ1n) is 6.95. The second kappa shape index (κ2) is 7.16. The molecule has 0 saturated carbocycles. The van der Waals surface area contributed by atoms with Gasteiger partial charge in [0.25, 0.3) is 0 Å². The molecule has 0 bridgehead atoms. The van der Waals surface area contributed by atoms with Crippen LogP contribution in [0.1, 0.15) is 31.7 Å². The smallest absolute Gasteiger partial charge is 0.106 e. The van der Waals surface area contributed by atoms with E-state index in [1.54, 1.807) is 0 Å². The Balaban J connectivity index is 2.51. The van der Waals surface area contributed by atoms with Crippen LogP contribution in [0.2, 0.25) is 0 Å². The van der Waals surface area contributed by atoms with E-state index in [1.807, 2.05) is 7.05 Å². The van der Waals surface area contributed by atoms with Crippen molar-refractivity contribution in [1.29, 1.82) is 5.26 Å². The maximum absolute atomic E-state index is 9.27. The van der Waals surface area contributed by atoms with E-state index in [0.717, 1.165) is 25.8 Å². The zero-order valence-electron chi connectivity index (χ0n) is 12.5. The molecule has 1 atom stereocenters. The number of hydrogen-bond acceptors (Lipinski definition) is 3. The monoisotopic (exact) mass is 259 g/mol. The Hall–Kier alpha value is -1.53. The van der Waals surface area contributed by atoms with Crippen LogP contribution < -0.4 is 10.2 Å². The van der Waals surface area contributed by atoms with Gasteiger partial charge in [0.05, 0.1) is 6.07 Å². The van der Waals surface area contributed by atoms with Crippen LogP contribution in [-0.4, -0.2) is 26.2 Å². The molecule has 1 aromatic carbocycles. The van der Waals surface area contributed by atoms with Gasteiger partial charge < -0.3 is 10.2 Å². The maximum atomic E-state index is 9.27. The van der Waals surface area contributed by atoms with Crippen molar-refractivity contribution in [3.63, 3.8) is 0 Å². The van der Waals surface area contributed by atoms with Crippen LogP contribution in [0.25, 0.3) is 0 Å². The molecule has 3 heteroatoms. The highest BCUT2D eigenvalue weighted by Crippen LogP contribution is 2.19. The summed E-state index contributed by atoms with van der Waals surface area (Å²) >= 11 is 0. The van der Waals surface area contributed by atoms with Gasteiger partial charge in [0.1, 0.15) is 5.54 Å². The summed E-state index contributed by atoms with van der Waals surface area (Å²) in [5.74, 6) is 0. The fourth-order valence-electron chi connectivity index (χ4n) is 2.28. The molecule has 0 aliphatic carbocycles. The second-order valence-electron chi connectivity index (χ2n) is 5.16. The largest absolute Gasteiger partial charge is 0.375 e. The molecule has 3 nitrogen and oxygen atoms in total. The average molecular weight is 259 g/mol. The van der Waals surface area contributed by atoms with Gasteiger partial charge in [-0.05, 0) is 50.9 Å². The standard InChI is InChI=1S/C16H25N3/c1-5-16(13-17,18-3)10-7-11-19(4)15-9-6-8-14(2)12-15/h6,8-9,12,18H,5,7,10-11H2,1-4H3. The molecule has 0 radical (unpaired) electrons. The van der Waals surface area contributed by atoms with Gasteiger partial charge in [-0.1, -0.05) is 19.1 Å². The van der Waals surface area contributed by atoms with E-state index in [1.165, 1.54) is 11.3 Å². The highest BCUT2D eigenvalue weighted by atomic mass is 15.1. The van der Waals surface area contributed by atoms with Crippen molar-refractivity contribution >= 4 is 5.69 Å². The SMILES string of the molecule is CCC(C#N)(CCCN(C)c1cccc(C)c1)NC. The lowest BCUT2D eigenvalue weighted by Gasteiger charge is -2.26. The summed E-state index contributed by atoms with van der Waals surface area (Å²) in [4.78, 5) is 2.25. The van der Waals surface area contributed by atoms with E-state index >= 15 is 0 Å². The molecule has 19 heavy (non-hydrogen) atoms. The van der Waals surface area contributed by atoms with Crippen molar-refractivity contribution in [2.45, 2.75) is 38.6 Å². The number of hydrogen-bond donors (Lipinski definition) is 1. The first-order chi connectivity index (χ1) is 9.06. The van der Waals surface area contributed by atoms with Crippen molar-refractivity contribution in [1.82, 2.24) is 5.32 Å². The van der Waals surface area contributed by atoms with E-state index in [9.17, 15) is 5.26 Å². The molecule has 0 spiro atoms. The summed E-state index contributed by atoms with van der Waals surface area (Å²) in [6.07, 6.45) is 2.73. The molecule has 0 saturated heterocycles. The lowest BCUT2D eigenvalue weighted by atomic mass is 9.92. The fourth-order valence-corrected chi connectivity index (χ4v) is 2.28. The van der Waals surface area contributed by atoms with Crippen LogP contribution >= 0.6 is 0 Å². The van der Waals surface area contributed by atoms with Gasteiger partial charge in [-0.3, -0.25) is 0 Å². The van der Waals surface area contributed by atoms with Gasteiger partial charge in [0.15, 0.2) is 0 Å². The molecule has 1 rings (SSSR count). The normalized spacial score (nSPS) is 13.6. The Labute approximate surface area is 117 Å². The molecule has 0 fully saturated rings. The van der Waals surface area contributed by atoms with Crippen LogP contribution in [-0.2, 0) is 0 Å². The molecule has 1 unspecified atom stereocenters. The summed E-state index contributed by atoms with van der Waals surface area (Å²) in [5.41, 5.74) is 2.15. The third-order valence-corrected chi connectivity index (χ3v) is 3.84. The molecule has 0 aliphatic rings. The Kier molecular flexibility index (Phi) is 5.85. The van der Waals surface area contributed by atoms with Crippen LogP contribution in [0.15, 0.2) is 24.3 Å². The number of nitrogens with one attached hydrogen (secondary N) is 1. The maximum Gasteiger partial charge on any atom is 0.106 e. The molecule has 0 aliphatic heterocycles. The minimum atomic E-state index is -0.368. The lowest BCUT2D eigenvalue weighted by molar-refractivity contribution is 0.393. The first kappa shape index (κ1) is 15.5. The molecule has 0 aromatic heterocycles. The number of nitriles is 1. The molecular formula is C16H25N3. The Morgan fingerprint density at radius 2 is 2.16 bits per heavy atom. The number of aryl methyl sites for hydroxylation is 1. The third kappa shape index (κ3) is 4.25. The highest BCUT2D eigenvalue weighted by Gasteiger charge is 2.24. The summed E-state index contributed by atoms with van der Waals surface area (Å²) in [7, 11) is 3.98. The predicted octanol–water partition coefficient (Wildman–Crippen LogP) is 3.10. The van der Waals surface area contributed by atoms with Crippen molar-refractivity contribution < 1.29 is 0 Å². The van der Waals surface area contributed by atoms with E-state index < -0.39 is 0 Å². The Morgan fingerprint density at radius 3 is 2.68 bits per heavy atom. The van der Waals surface area contributed by atoms with Crippen molar-refractivity contribution in [2.75, 3.05) is 25.5 Å². The van der Waals surface area contributed by atoms with E-state index in [-0.39, 0.29) is 5.54 Å². The van der Waals surface area contributed by atoms with Crippen LogP contribution in [0, 0.1) is 18.3 Å². The zero-order chi connectivity index (χ0) is 14.3. The number of rotatable bonds is 7. The minimum absolute atomic E-state index is 0.368. The number of nitrogens with zero attached hydrogens (tertiary/aromatic N) is 2. The summed E-state index contributed by atoms with van der Waals surface area (Å²) in [6, 6.07) is 10.9. The summed E-state index contributed by atoms with van der Waals surface area (Å²) in [5, 5.41) is 12.4. The van der Waals surface area contributed by atoms with Gasteiger partial charge in [-0.15, -0.1) is 0 Å². The molecular weight excluding hydrogens is 234 g/mol. The van der Waals surface area contributed by atoms with Gasteiger partial charge in [-0.25, -0.2) is 0 Å². The Morgan fingerprint density at radius 1 is 1.42 bits per heavy atom. The number of benzene rings is 1. The van der Waals surface area contributed by atoms with Crippen LogP contribution in [0.5, 0.6) is 0 Å². The average Bonchev–Trinajstić information content (AvgIpc) is 2.44. The fraction of sp³-hybridized carbons (Fsp3) is 0.562. The van der Waals surface area contributed by atoms with Gasteiger partial charge in [0, 0.05) is 19.3 Å². The van der Waals surface area contributed by atoms with Crippen molar-refractivity contribution in [3.05, 3.63) is 29.8 Å². The van der Waals surface area contributed by atoms with Gasteiger partial charge in [-0.2, -0.15) is 5.26 Å². The second-order valence-corrected chi connectivity index (χ2v) is 5.16. The molecule has 0 heterocycles. The highest BCUT2D eigenvalue weighted by molar-refractivity contribution is 5.47. The third-order valence-electron chi connectivity index (χ3n) is 3.84. The lowest BCUT2D eigenvalue weighted by Crippen LogP contribution is -2.41. The van der Waals surface area contributed by atoms with E-state index in [2.05, 4.69) is 61.4 Å². The van der Waals surface area contributed by atoms with E-state index in [0.29, 0.717) is 0 Å². The zero-order valence-corrected chi connectivity index (χ0v) is 12.5. The van der Waals surface area contributed by atoms with Crippen LogP contribution in [0.4, 0.5) is 5.69 Å². The van der Waals surface area contributed by atoms with Crippen LogP contribution in [0.3, 0.4) is 0 Å². The molecule has 0 amide bonds. The predicted molar refractivity (Wildman–Crippen MR) is 81.4 cm³/mol. The summed E-state index contributed by atoms with van der Waals surface area (Å²) < 4.78 is 0. The van der Waals surface area contributed by atoms with E-state index in [4.69, 9.17) is 0 Å². The quantitative estimate of drug-likeness (QED) is 0.818. The van der Waals surface area contributed by atoms with Crippen molar-refractivity contribution in [3.8, 4) is 6.07 Å². The molecule has 1 aromatic rings. The first-order valence-corrected chi connectivity index (χ1v) is 6.95. The molecule has 104 valence electrons. The molecule has 1 N–H and O–H groups in total. The Bertz CT molecular complexity index is 430. The number of anilines is 1. The van der Waals surface area contributed by atoms with Gasteiger partial charge in [0.2, 0.25) is 0 Å². The minimum Gasteiger partial charge on any atom is -0.375 e. The van der Waals surface area contributed by atoms with Crippen molar-refractivity contribution in [2.24, 2.45) is 0 Å². The van der Waals surface area contributed by atoms with Gasteiger partial charge >= 0.3 is 0 Å². The topological polar surface area (TPSA) is 39.1 Å². The summed E-state index contributed by atoms with van der Waals surface area (Å²) in [6.45, 7) is 5.13.